The molecule has 112 valence electrons. The molecule has 1 aromatic rings. The molecule has 21 heavy (non-hydrogen) atoms. The molecule has 2 heterocycles. The summed E-state index contributed by atoms with van der Waals surface area (Å²) >= 11 is 0. The Morgan fingerprint density at radius 1 is 1.52 bits per heavy atom. The molecule has 0 spiro atoms. The highest BCUT2D eigenvalue weighted by atomic mass is 16.5. The maximum atomic E-state index is 12.6. The van der Waals surface area contributed by atoms with E-state index in [1.807, 2.05) is 24.3 Å². The second-order valence-electron chi connectivity index (χ2n) is 5.72. The molecular formula is C15H18N2O4. The first-order chi connectivity index (χ1) is 9.98. The number of carbonyl (C=O) groups excluding carboxylic acids is 2. The van der Waals surface area contributed by atoms with Crippen LogP contribution in [-0.4, -0.2) is 40.7 Å². The molecule has 2 amide bonds. The van der Waals surface area contributed by atoms with Gasteiger partial charge in [-0.15, -0.1) is 0 Å². The normalized spacial score (nSPS) is 30.6. The molecule has 2 aliphatic rings. The average molecular weight is 290 g/mol. The van der Waals surface area contributed by atoms with E-state index in [4.69, 9.17) is 10.5 Å². The topological polar surface area (TPSA) is 92.9 Å². The molecule has 3 rings (SSSR count). The number of fused-ring (bicyclic) bond motifs is 4. The van der Waals surface area contributed by atoms with E-state index in [1.165, 1.54) is 4.90 Å². The van der Waals surface area contributed by atoms with E-state index < -0.39 is 17.6 Å². The molecule has 0 radical (unpaired) electrons. The van der Waals surface area contributed by atoms with Gasteiger partial charge in [-0.05, 0) is 18.6 Å². The lowest BCUT2D eigenvalue weighted by atomic mass is 9.73. The van der Waals surface area contributed by atoms with E-state index in [0.29, 0.717) is 12.2 Å². The molecule has 1 aromatic carbocycles. The van der Waals surface area contributed by atoms with Gasteiger partial charge in [0, 0.05) is 18.9 Å². The zero-order chi connectivity index (χ0) is 15.2. The molecule has 1 saturated heterocycles. The van der Waals surface area contributed by atoms with E-state index in [1.54, 1.807) is 6.92 Å². The highest BCUT2D eigenvalue weighted by molar-refractivity contribution is 6.01. The van der Waals surface area contributed by atoms with Crippen molar-refractivity contribution >= 4 is 11.8 Å². The third-order valence-corrected chi connectivity index (χ3v) is 4.38. The SMILES string of the molecule is CC12CC(c3ccccc3O1)C(C(N)=O)C(=O)N2CCO. The van der Waals surface area contributed by atoms with Crippen molar-refractivity contribution in [2.24, 2.45) is 11.7 Å². The van der Waals surface area contributed by atoms with Crippen LogP contribution in [0.3, 0.4) is 0 Å². The Balaban J connectivity index is 2.13. The standard InChI is InChI=1S/C15H18N2O4/c1-15-8-10(9-4-2-3-5-11(9)21-15)12(13(16)19)14(20)17(15)6-7-18/h2-5,10,12,18H,6-8H2,1H3,(H2,16,19). The van der Waals surface area contributed by atoms with Crippen molar-refractivity contribution in [3.8, 4) is 5.75 Å². The average Bonchev–Trinajstić information content (AvgIpc) is 2.43. The van der Waals surface area contributed by atoms with Crippen LogP contribution in [0.4, 0.5) is 0 Å². The van der Waals surface area contributed by atoms with Crippen molar-refractivity contribution in [1.29, 1.82) is 0 Å². The predicted molar refractivity (Wildman–Crippen MR) is 74.3 cm³/mol. The zero-order valence-corrected chi connectivity index (χ0v) is 11.8. The van der Waals surface area contributed by atoms with Gasteiger partial charge in [0.05, 0.1) is 6.61 Å². The maximum absolute atomic E-state index is 12.6. The Hall–Kier alpha value is -2.08. The van der Waals surface area contributed by atoms with Gasteiger partial charge in [0.2, 0.25) is 11.8 Å². The zero-order valence-electron chi connectivity index (χ0n) is 11.8. The quantitative estimate of drug-likeness (QED) is 0.778. The molecule has 3 N–H and O–H groups in total. The number of carbonyl (C=O) groups is 2. The lowest BCUT2D eigenvalue weighted by Crippen LogP contribution is -2.65. The minimum Gasteiger partial charge on any atom is -0.468 e. The van der Waals surface area contributed by atoms with Crippen molar-refractivity contribution in [2.45, 2.75) is 25.0 Å². The number of hydrogen-bond acceptors (Lipinski definition) is 4. The number of nitrogens with two attached hydrogens (primary N) is 1. The lowest BCUT2D eigenvalue weighted by Gasteiger charge is -2.52. The van der Waals surface area contributed by atoms with Crippen molar-refractivity contribution < 1.29 is 19.4 Å². The summed E-state index contributed by atoms with van der Waals surface area (Å²) in [5.74, 6) is -1.52. The summed E-state index contributed by atoms with van der Waals surface area (Å²) in [6.07, 6.45) is 0.489. The van der Waals surface area contributed by atoms with E-state index in [0.717, 1.165) is 5.56 Å². The molecule has 3 atom stereocenters. The Morgan fingerprint density at radius 3 is 2.90 bits per heavy atom. The number of ether oxygens (including phenoxy) is 1. The van der Waals surface area contributed by atoms with E-state index in [-0.39, 0.29) is 25.0 Å². The van der Waals surface area contributed by atoms with Crippen molar-refractivity contribution in [1.82, 2.24) is 4.90 Å². The van der Waals surface area contributed by atoms with Gasteiger partial charge in [0.1, 0.15) is 11.7 Å². The lowest BCUT2D eigenvalue weighted by molar-refractivity contribution is -0.176. The monoisotopic (exact) mass is 290 g/mol. The Morgan fingerprint density at radius 2 is 2.24 bits per heavy atom. The third kappa shape index (κ3) is 1.98. The number of hydrogen-bond donors (Lipinski definition) is 2. The first kappa shape index (κ1) is 13.9. The minimum atomic E-state index is -0.908. The highest BCUT2D eigenvalue weighted by Crippen LogP contribution is 2.49. The summed E-state index contributed by atoms with van der Waals surface area (Å²) in [4.78, 5) is 25.8. The van der Waals surface area contributed by atoms with Gasteiger partial charge in [-0.2, -0.15) is 0 Å². The fourth-order valence-corrected chi connectivity index (χ4v) is 3.48. The van der Waals surface area contributed by atoms with Crippen LogP contribution in [0.1, 0.15) is 24.8 Å². The van der Waals surface area contributed by atoms with Gasteiger partial charge in [0.15, 0.2) is 5.72 Å². The van der Waals surface area contributed by atoms with Crippen LogP contribution in [0.25, 0.3) is 0 Å². The summed E-state index contributed by atoms with van der Waals surface area (Å²) in [6.45, 7) is 1.73. The highest BCUT2D eigenvalue weighted by Gasteiger charge is 2.55. The maximum Gasteiger partial charge on any atom is 0.238 e. The number of likely N-dealkylation sites (tertiary alicyclic amines) is 1. The number of primary amides is 1. The van der Waals surface area contributed by atoms with Gasteiger partial charge in [0.25, 0.3) is 0 Å². The van der Waals surface area contributed by atoms with Crippen LogP contribution in [-0.2, 0) is 9.59 Å². The molecular weight excluding hydrogens is 272 g/mol. The molecule has 6 heteroatoms. The van der Waals surface area contributed by atoms with Gasteiger partial charge in [-0.3, -0.25) is 9.59 Å². The minimum absolute atomic E-state index is 0.119. The number of aliphatic hydroxyl groups excluding tert-OH is 1. The number of para-hydroxylation sites is 1. The number of piperidine rings is 1. The molecule has 1 fully saturated rings. The Labute approximate surface area is 122 Å². The number of β-amino-alcohol motifs (C(OH)–C–C–N with tert-alkyl or cyclic N) is 1. The van der Waals surface area contributed by atoms with Crippen LogP contribution < -0.4 is 10.5 Å². The predicted octanol–water partition coefficient (Wildman–Crippen LogP) is 0.205. The first-order valence-corrected chi connectivity index (χ1v) is 6.97. The summed E-state index contributed by atoms with van der Waals surface area (Å²) in [6, 6.07) is 7.39. The molecule has 2 bridgehead atoms. The van der Waals surface area contributed by atoms with E-state index in [2.05, 4.69) is 0 Å². The van der Waals surface area contributed by atoms with E-state index >= 15 is 0 Å². The van der Waals surface area contributed by atoms with Gasteiger partial charge < -0.3 is 20.5 Å². The number of aliphatic hydroxyl groups is 1. The summed E-state index contributed by atoms with van der Waals surface area (Å²) < 4.78 is 6.00. The second-order valence-corrected chi connectivity index (χ2v) is 5.72. The van der Waals surface area contributed by atoms with Gasteiger partial charge in [-0.25, -0.2) is 0 Å². The Kier molecular flexibility index (Phi) is 3.13. The molecule has 6 nitrogen and oxygen atoms in total. The number of benzene rings is 1. The number of amides is 2. The van der Waals surface area contributed by atoms with Crippen LogP contribution in [0, 0.1) is 5.92 Å². The number of rotatable bonds is 3. The first-order valence-electron chi connectivity index (χ1n) is 6.97. The largest absolute Gasteiger partial charge is 0.468 e. The summed E-state index contributed by atoms with van der Waals surface area (Å²) in [5, 5.41) is 9.20. The molecule has 0 saturated carbocycles. The second kappa shape index (κ2) is 4.73. The number of nitrogens with zero attached hydrogens (tertiary/aromatic N) is 1. The molecule has 3 unspecified atom stereocenters. The van der Waals surface area contributed by atoms with Gasteiger partial charge >= 0.3 is 0 Å². The summed E-state index contributed by atoms with van der Waals surface area (Å²) in [7, 11) is 0. The summed E-state index contributed by atoms with van der Waals surface area (Å²) in [5.41, 5.74) is 5.45. The molecule has 0 aliphatic carbocycles. The fraction of sp³-hybridized carbons (Fsp3) is 0.467. The van der Waals surface area contributed by atoms with Crippen LogP contribution in [0.5, 0.6) is 5.75 Å². The third-order valence-electron chi connectivity index (χ3n) is 4.38. The van der Waals surface area contributed by atoms with Gasteiger partial charge in [-0.1, -0.05) is 18.2 Å². The van der Waals surface area contributed by atoms with Crippen LogP contribution >= 0.6 is 0 Å². The smallest absolute Gasteiger partial charge is 0.238 e. The van der Waals surface area contributed by atoms with Crippen molar-refractivity contribution in [2.75, 3.05) is 13.2 Å². The Bertz CT molecular complexity index is 603. The molecule has 0 aromatic heterocycles. The van der Waals surface area contributed by atoms with E-state index in [9.17, 15) is 14.7 Å². The molecule has 2 aliphatic heterocycles. The van der Waals surface area contributed by atoms with Crippen molar-refractivity contribution in [3.05, 3.63) is 29.8 Å². The van der Waals surface area contributed by atoms with Crippen LogP contribution in [0.2, 0.25) is 0 Å². The van der Waals surface area contributed by atoms with Crippen LogP contribution in [0.15, 0.2) is 24.3 Å². The van der Waals surface area contributed by atoms with Crippen molar-refractivity contribution in [3.63, 3.8) is 0 Å². The fourth-order valence-electron chi connectivity index (χ4n) is 3.48.